The molecule has 0 radical (unpaired) electrons. The number of hydrogen-bond acceptors (Lipinski definition) is 11. The van der Waals surface area contributed by atoms with Gasteiger partial charge < -0.3 is 18.9 Å². The molecule has 4 aromatic rings. The highest BCUT2D eigenvalue weighted by molar-refractivity contribution is 7.92. The second-order valence-electron chi connectivity index (χ2n) is 12.8. The number of carbonyl (C=O) groups is 1. The Labute approximate surface area is 275 Å². The van der Waals surface area contributed by atoms with Gasteiger partial charge in [-0.05, 0) is 63.9 Å². The van der Waals surface area contributed by atoms with Crippen LogP contribution < -0.4 is 4.31 Å². The molecule has 0 bridgehead atoms. The number of sulfonamides is 1. The predicted molar refractivity (Wildman–Crippen MR) is 165 cm³/mol. The smallest absolute Gasteiger partial charge is 0.331 e. The van der Waals surface area contributed by atoms with Crippen LogP contribution in [-0.4, -0.2) is 83.2 Å². The Morgan fingerprint density at radius 1 is 1.04 bits per heavy atom. The van der Waals surface area contributed by atoms with E-state index in [1.165, 1.54) is 29.6 Å². The van der Waals surface area contributed by atoms with E-state index in [9.17, 15) is 22.0 Å². The number of aromatic nitrogens is 5. The number of carbonyl (C=O) groups excluding carboxylic acids is 1. The average Bonchev–Trinajstić information content (AvgIpc) is 3.42. The Morgan fingerprint density at radius 3 is 2.48 bits per heavy atom. The molecular weight excluding hydrogens is 650 g/mol. The highest BCUT2D eigenvalue weighted by Gasteiger charge is 2.56. The van der Waals surface area contributed by atoms with Gasteiger partial charge in [0.1, 0.15) is 24.6 Å². The summed E-state index contributed by atoms with van der Waals surface area (Å²) in [6, 6.07) is 8.82. The Morgan fingerprint density at radius 2 is 1.77 bits per heavy atom. The number of benzene rings is 2. The van der Waals surface area contributed by atoms with E-state index in [0.717, 1.165) is 17.7 Å². The summed E-state index contributed by atoms with van der Waals surface area (Å²) < 4.78 is 82.7. The third-order valence-electron chi connectivity index (χ3n) is 8.97. The first-order chi connectivity index (χ1) is 22.8. The van der Waals surface area contributed by atoms with Crippen molar-refractivity contribution in [2.75, 3.05) is 18.0 Å². The number of anilines is 1. The fourth-order valence-corrected chi connectivity index (χ4v) is 8.31. The van der Waals surface area contributed by atoms with Crippen LogP contribution >= 0.6 is 0 Å². The molecule has 48 heavy (non-hydrogen) atoms. The van der Waals surface area contributed by atoms with Gasteiger partial charge in [-0.3, -0.25) is 0 Å². The zero-order valence-electron chi connectivity index (χ0n) is 26.8. The molecule has 16 heteroatoms. The largest absolute Gasteiger partial charge is 0.467 e. The number of esters is 1. The highest BCUT2D eigenvalue weighted by atomic mass is 32.2. The minimum absolute atomic E-state index is 0.0105. The lowest BCUT2D eigenvalue weighted by Gasteiger charge is -2.25. The normalized spacial score (nSPS) is 26.1. The van der Waals surface area contributed by atoms with Crippen LogP contribution in [-0.2, 0) is 33.8 Å². The van der Waals surface area contributed by atoms with Gasteiger partial charge in [-0.25, -0.2) is 40.9 Å². The van der Waals surface area contributed by atoms with Gasteiger partial charge in [-0.2, -0.15) is 0 Å². The van der Waals surface area contributed by atoms with Gasteiger partial charge in [0.2, 0.25) is 0 Å². The zero-order valence-corrected chi connectivity index (χ0v) is 27.6. The number of ether oxygens (including phenoxy) is 4. The summed E-state index contributed by atoms with van der Waals surface area (Å²) in [5.41, 5.74) is 1.72. The molecule has 3 fully saturated rings. The van der Waals surface area contributed by atoms with Crippen molar-refractivity contribution >= 4 is 33.0 Å². The molecule has 1 aliphatic heterocycles. The lowest BCUT2D eigenvalue weighted by atomic mass is 10.1. The standard InChI is InChI=1S/C32H34F2N6O7S/c1-16-6-9-19(10-7-16)48(42,43)40(23-13-20(23)18-8-11-21(33)22(34)12-18)31-27-30(35-17(2)36-31)39(38-37-27)24-14-25(45-15-26(41)44-5)29-28(24)46-32(3,4)47-29/h6-12,20,23-25,28-29H,13-15H2,1-5H3/t20-,23+,24+,25-,28-,29+/m0/s1. The molecule has 2 aromatic carbocycles. The lowest BCUT2D eigenvalue weighted by Crippen LogP contribution is -2.35. The summed E-state index contributed by atoms with van der Waals surface area (Å²) in [7, 11) is -2.98. The van der Waals surface area contributed by atoms with Crippen LogP contribution in [0.4, 0.5) is 14.6 Å². The van der Waals surface area contributed by atoms with E-state index in [4.69, 9.17) is 18.9 Å². The zero-order chi connectivity index (χ0) is 34.1. The maximum Gasteiger partial charge on any atom is 0.331 e. The van der Waals surface area contributed by atoms with Crippen LogP contribution in [0.15, 0.2) is 47.4 Å². The summed E-state index contributed by atoms with van der Waals surface area (Å²) in [5.74, 6) is -3.66. The molecule has 0 N–H and O–H groups in total. The molecule has 3 heterocycles. The second kappa shape index (κ2) is 11.8. The predicted octanol–water partition coefficient (Wildman–Crippen LogP) is 3.89. The molecule has 0 unspecified atom stereocenters. The van der Waals surface area contributed by atoms with Gasteiger partial charge >= 0.3 is 5.97 Å². The van der Waals surface area contributed by atoms with E-state index in [1.807, 2.05) is 6.92 Å². The summed E-state index contributed by atoms with van der Waals surface area (Å²) in [6.07, 6.45) is -0.992. The van der Waals surface area contributed by atoms with Crippen LogP contribution in [0, 0.1) is 25.5 Å². The molecule has 0 spiro atoms. The molecule has 2 aromatic heterocycles. The van der Waals surface area contributed by atoms with E-state index in [-0.39, 0.29) is 34.3 Å². The maximum atomic E-state index is 14.4. The minimum atomic E-state index is -4.25. The SMILES string of the molecule is COC(=O)CO[C@H]1C[C@@H](n2nnc3c(N([C@@H]4C[C@H]4c4ccc(F)c(F)c4)S(=O)(=O)c4ccc(C)cc4)nc(C)nc32)[C@@H]2OC(C)(C)O[C@@H]21. The Hall–Kier alpha value is -4.12. The van der Waals surface area contributed by atoms with Crippen molar-refractivity contribution in [1.82, 2.24) is 25.0 Å². The van der Waals surface area contributed by atoms with Gasteiger partial charge in [0.15, 0.2) is 34.4 Å². The van der Waals surface area contributed by atoms with Crippen molar-refractivity contribution in [1.29, 1.82) is 0 Å². The highest BCUT2D eigenvalue weighted by Crippen LogP contribution is 2.50. The third-order valence-corrected chi connectivity index (χ3v) is 10.8. The molecule has 254 valence electrons. The molecule has 3 aliphatic rings. The van der Waals surface area contributed by atoms with Crippen molar-refractivity contribution in [3.63, 3.8) is 0 Å². The van der Waals surface area contributed by atoms with Gasteiger partial charge in [0.05, 0.1) is 30.2 Å². The lowest BCUT2D eigenvalue weighted by molar-refractivity contribution is -0.173. The number of methoxy groups -OCH3 is 1. The van der Waals surface area contributed by atoms with E-state index < -0.39 is 69.7 Å². The summed E-state index contributed by atoms with van der Waals surface area (Å²) in [4.78, 5) is 21.1. The minimum Gasteiger partial charge on any atom is -0.467 e. The Kier molecular flexibility index (Phi) is 7.96. The van der Waals surface area contributed by atoms with Crippen molar-refractivity contribution in [2.24, 2.45) is 0 Å². The molecule has 7 rings (SSSR count). The quantitative estimate of drug-likeness (QED) is 0.237. The van der Waals surface area contributed by atoms with E-state index >= 15 is 0 Å². The molecule has 1 saturated heterocycles. The van der Waals surface area contributed by atoms with Crippen LogP contribution in [0.3, 0.4) is 0 Å². The molecule has 13 nitrogen and oxygen atoms in total. The Balaban J connectivity index is 1.31. The van der Waals surface area contributed by atoms with Gasteiger partial charge in [0.25, 0.3) is 10.0 Å². The number of rotatable bonds is 9. The first kappa shape index (κ1) is 32.4. The monoisotopic (exact) mass is 684 g/mol. The first-order valence-corrected chi connectivity index (χ1v) is 16.9. The van der Waals surface area contributed by atoms with Crippen molar-refractivity contribution in [3.05, 3.63) is 71.1 Å². The van der Waals surface area contributed by atoms with E-state index in [2.05, 4.69) is 20.3 Å². The molecular formula is C32H34F2N6O7S. The fourth-order valence-electron chi connectivity index (χ4n) is 6.66. The number of halogens is 2. The van der Waals surface area contributed by atoms with Crippen LogP contribution in [0.5, 0.6) is 0 Å². The molecule has 6 atom stereocenters. The topological polar surface area (TPSA) is 148 Å². The Bertz CT molecular complexity index is 2010. The molecule has 0 amide bonds. The van der Waals surface area contributed by atoms with Gasteiger partial charge in [-0.15, -0.1) is 5.10 Å². The van der Waals surface area contributed by atoms with E-state index in [0.29, 0.717) is 18.4 Å². The number of nitrogens with zero attached hydrogens (tertiary/aromatic N) is 6. The van der Waals surface area contributed by atoms with Crippen LogP contribution in [0.25, 0.3) is 11.2 Å². The third kappa shape index (κ3) is 5.69. The van der Waals surface area contributed by atoms with Crippen LogP contribution in [0.2, 0.25) is 0 Å². The van der Waals surface area contributed by atoms with Crippen molar-refractivity contribution in [3.8, 4) is 0 Å². The summed E-state index contributed by atoms with van der Waals surface area (Å²) >= 11 is 0. The first-order valence-electron chi connectivity index (χ1n) is 15.5. The maximum absolute atomic E-state index is 14.4. The van der Waals surface area contributed by atoms with Crippen molar-refractivity contribution in [2.45, 2.75) is 87.5 Å². The number of fused-ring (bicyclic) bond motifs is 2. The average molecular weight is 685 g/mol. The summed E-state index contributed by atoms with van der Waals surface area (Å²) in [6.45, 7) is 6.75. The summed E-state index contributed by atoms with van der Waals surface area (Å²) in [5, 5.41) is 8.83. The van der Waals surface area contributed by atoms with Crippen molar-refractivity contribution < 1.29 is 40.9 Å². The molecule has 2 saturated carbocycles. The van der Waals surface area contributed by atoms with E-state index in [1.54, 1.807) is 37.6 Å². The van der Waals surface area contributed by atoms with Gasteiger partial charge in [-0.1, -0.05) is 29.0 Å². The number of hydrogen-bond donors (Lipinski definition) is 0. The molecule has 2 aliphatic carbocycles. The fraction of sp³-hybridized carbons (Fsp3) is 0.469. The number of aryl methyl sites for hydroxylation is 2. The van der Waals surface area contributed by atoms with Gasteiger partial charge in [0, 0.05) is 12.3 Å². The second-order valence-corrected chi connectivity index (χ2v) is 14.6. The van der Waals surface area contributed by atoms with Crippen LogP contribution in [0.1, 0.15) is 55.6 Å².